The Kier molecular flexibility index (Phi) is 6.10. The smallest absolute Gasteiger partial charge is 0.274 e. The molecule has 0 bridgehead atoms. The lowest BCUT2D eigenvalue weighted by Crippen LogP contribution is -2.36. The number of halogens is 2. The first-order valence-electron chi connectivity index (χ1n) is 11.8. The van der Waals surface area contributed by atoms with E-state index in [-0.39, 0.29) is 17.1 Å². The van der Waals surface area contributed by atoms with E-state index < -0.39 is 23.2 Å². The summed E-state index contributed by atoms with van der Waals surface area (Å²) in [5.74, 6) is -0.480. The lowest BCUT2D eigenvalue weighted by molar-refractivity contribution is 0.102. The molecule has 0 fully saturated rings. The average molecular weight is 547 g/mol. The van der Waals surface area contributed by atoms with Crippen LogP contribution in [0.15, 0.2) is 66.0 Å². The van der Waals surface area contributed by atoms with E-state index in [0.717, 1.165) is 6.20 Å². The van der Waals surface area contributed by atoms with Gasteiger partial charge in [0, 0.05) is 34.3 Å². The number of amides is 1. The van der Waals surface area contributed by atoms with E-state index in [0.29, 0.717) is 51.2 Å². The number of hydrogen-bond acceptors (Lipinski definition) is 9. The third kappa shape index (κ3) is 4.42. The molecule has 5 heterocycles. The summed E-state index contributed by atoms with van der Waals surface area (Å²) in [5, 5.41) is 3.16. The summed E-state index contributed by atoms with van der Waals surface area (Å²) in [6.07, 6.45) is 4.37. The second kappa shape index (κ2) is 9.62. The molecule has 1 unspecified atom stereocenters. The van der Waals surface area contributed by atoms with Gasteiger partial charge in [-0.15, -0.1) is 0 Å². The molecule has 1 aromatic carbocycles. The fourth-order valence-corrected chi connectivity index (χ4v) is 5.51. The Labute approximate surface area is 225 Å². The Morgan fingerprint density at radius 3 is 2.74 bits per heavy atom. The van der Waals surface area contributed by atoms with Crippen molar-refractivity contribution in [3.05, 3.63) is 89.6 Å². The first kappa shape index (κ1) is 24.7. The van der Waals surface area contributed by atoms with Crippen molar-refractivity contribution >= 4 is 28.5 Å². The third-order valence-corrected chi connectivity index (χ3v) is 7.29. The van der Waals surface area contributed by atoms with E-state index in [9.17, 15) is 9.18 Å². The Hall–Kier alpha value is -4.58. The van der Waals surface area contributed by atoms with Gasteiger partial charge in [0.05, 0.1) is 25.2 Å². The number of benzene rings is 1. The number of nitrogens with one attached hydrogen (secondary N) is 1. The molecule has 1 spiro atoms. The van der Waals surface area contributed by atoms with Gasteiger partial charge in [0.2, 0.25) is 0 Å². The number of aliphatic imine (C=N–C) groups is 1. The van der Waals surface area contributed by atoms with Gasteiger partial charge in [0.1, 0.15) is 28.5 Å². The van der Waals surface area contributed by atoms with Crippen LogP contribution in [0.4, 0.5) is 14.5 Å². The highest BCUT2D eigenvalue weighted by atomic mass is 32.2. The molecule has 6 rings (SSSR count). The minimum atomic E-state index is -1.13. The zero-order chi connectivity index (χ0) is 27.1. The van der Waals surface area contributed by atoms with Crippen molar-refractivity contribution in [3.63, 3.8) is 0 Å². The average Bonchev–Trinajstić information content (AvgIpc) is 2.94. The Morgan fingerprint density at radius 1 is 1.13 bits per heavy atom. The van der Waals surface area contributed by atoms with Gasteiger partial charge in [-0.1, -0.05) is 11.8 Å². The van der Waals surface area contributed by atoms with Crippen molar-refractivity contribution in [2.45, 2.75) is 12.0 Å². The molecule has 1 atom stereocenters. The molecule has 0 radical (unpaired) electrons. The number of amidine groups is 1. The van der Waals surface area contributed by atoms with Gasteiger partial charge in [-0.25, -0.2) is 19.4 Å². The number of methoxy groups -OCH3 is 1. The maximum absolute atomic E-state index is 15.4. The second-order valence-corrected chi connectivity index (χ2v) is 9.94. The predicted octanol–water partition coefficient (Wildman–Crippen LogP) is 4.88. The minimum Gasteiger partial charge on any atom is -0.495 e. The van der Waals surface area contributed by atoms with Crippen LogP contribution in [-0.2, 0) is 5.54 Å². The van der Waals surface area contributed by atoms with Gasteiger partial charge in [-0.05, 0) is 48.9 Å². The summed E-state index contributed by atoms with van der Waals surface area (Å²) in [4.78, 5) is 29.7. The van der Waals surface area contributed by atoms with E-state index in [1.165, 1.54) is 37.3 Å². The fourth-order valence-electron chi connectivity index (χ4n) is 4.68. The zero-order valence-electron chi connectivity index (χ0n) is 20.4. The fraction of sp³-hybridized carbons (Fsp3) is 0.148. The number of hydrogen-bond donors (Lipinski definition) is 2. The van der Waals surface area contributed by atoms with Crippen LogP contribution in [-0.4, -0.2) is 38.9 Å². The molecule has 0 saturated carbocycles. The first-order valence-corrected chi connectivity index (χ1v) is 12.8. The minimum absolute atomic E-state index is 0.0849. The molecule has 4 aromatic rings. The molecule has 0 saturated heterocycles. The highest BCUT2D eigenvalue weighted by Crippen LogP contribution is 2.54. The van der Waals surface area contributed by atoms with E-state index in [4.69, 9.17) is 20.2 Å². The van der Waals surface area contributed by atoms with Crippen molar-refractivity contribution in [1.29, 1.82) is 0 Å². The summed E-state index contributed by atoms with van der Waals surface area (Å²) in [5.41, 5.74) is 7.18. The van der Waals surface area contributed by atoms with Crippen molar-refractivity contribution in [3.8, 4) is 28.5 Å². The maximum atomic E-state index is 15.4. The largest absolute Gasteiger partial charge is 0.495 e. The number of nitrogens with two attached hydrogens (primary N) is 1. The van der Waals surface area contributed by atoms with Gasteiger partial charge < -0.3 is 20.5 Å². The van der Waals surface area contributed by atoms with Gasteiger partial charge >= 0.3 is 0 Å². The molecule has 196 valence electrons. The molecular weight excluding hydrogens is 526 g/mol. The molecule has 0 aliphatic carbocycles. The van der Waals surface area contributed by atoms with Crippen LogP contribution in [0.5, 0.6) is 17.2 Å². The summed E-state index contributed by atoms with van der Waals surface area (Å²) in [6.45, 7) is 0. The molecule has 3 aromatic heterocycles. The highest BCUT2D eigenvalue weighted by Gasteiger charge is 2.46. The van der Waals surface area contributed by atoms with Gasteiger partial charge in [-0.3, -0.25) is 9.78 Å². The van der Waals surface area contributed by atoms with Gasteiger partial charge in [0.15, 0.2) is 10.9 Å². The summed E-state index contributed by atoms with van der Waals surface area (Å²) in [6, 6.07) is 11.0. The van der Waals surface area contributed by atoms with Crippen LogP contribution in [0.3, 0.4) is 0 Å². The summed E-state index contributed by atoms with van der Waals surface area (Å²) in [7, 11) is 1.51. The molecule has 2 aliphatic rings. The number of fused-ring (bicyclic) bond motifs is 4. The van der Waals surface area contributed by atoms with Crippen LogP contribution < -0.4 is 20.5 Å². The normalized spacial score (nSPS) is 17.5. The lowest BCUT2D eigenvalue weighted by atomic mass is 9.78. The molecular formula is C27H20F2N6O3S. The topological polar surface area (TPSA) is 125 Å². The first-order chi connectivity index (χ1) is 18.9. The Balaban J connectivity index is 1.45. The number of nitrogens with zero attached hydrogens (tertiary/aromatic N) is 4. The Bertz CT molecular complexity index is 1650. The predicted molar refractivity (Wildman–Crippen MR) is 142 cm³/mol. The van der Waals surface area contributed by atoms with E-state index in [1.807, 2.05) is 0 Å². The van der Waals surface area contributed by atoms with E-state index >= 15 is 4.39 Å². The van der Waals surface area contributed by atoms with Gasteiger partial charge in [-0.2, -0.15) is 4.39 Å². The van der Waals surface area contributed by atoms with E-state index in [2.05, 4.69) is 20.3 Å². The molecule has 1 amide bonds. The SMILES string of the molecule is COc1ccc(C(=O)Nc2ccc3c(c2)C2(CCSC(N)=N2)c2cc(-c4cncc(F)c4)nc(F)c2O3)nc1. The number of carbonyl (C=O) groups excluding carboxylic acids is 1. The second-order valence-electron chi connectivity index (χ2n) is 8.83. The highest BCUT2D eigenvalue weighted by molar-refractivity contribution is 8.13. The Morgan fingerprint density at radius 2 is 2.00 bits per heavy atom. The monoisotopic (exact) mass is 546 g/mol. The van der Waals surface area contributed by atoms with Crippen LogP contribution in [0.25, 0.3) is 11.3 Å². The van der Waals surface area contributed by atoms with Crippen molar-refractivity contribution < 1.29 is 23.0 Å². The number of ether oxygens (including phenoxy) is 2. The van der Waals surface area contributed by atoms with Crippen LogP contribution in [0, 0.1) is 11.8 Å². The number of thioether (sulfide) groups is 1. The lowest BCUT2D eigenvalue weighted by Gasteiger charge is -2.39. The number of aromatic nitrogens is 3. The molecule has 9 nitrogen and oxygen atoms in total. The van der Waals surface area contributed by atoms with Crippen LogP contribution in [0.1, 0.15) is 28.0 Å². The molecule has 39 heavy (non-hydrogen) atoms. The van der Waals surface area contributed by atoms with Crippen molar-refractivity contribution in [1.82, 2.24) is 15.0 Å². The van der Waals surface area contributed by atoms with Crippen molar-refractivity contribution in [2.75, 3.05) is 18.2 Å². The number of rotatable bonds is 4. The summed E-state index contributed by atoms with van der Waals surface area (Å²) >= 11 is 1.39. The number of anilines is 1. The standard InChI is InChI=1S/C27H20F2N6O3S/c1-37-17-3-4-20(32-13-17)25(36)33-16-2-5-22-18(9-16)27(6-7-39-26(30)35-27)19-10-21(34-24(29)23(19)38-22)14-8-15(28)12-31-11-14/h2-5,8-13H,6-7H2,1H3,(H2,30,35)(H,33,36). The summed E-state index contributed by atoms with van der Waals surface area (Å²) < 4.78 is 40.4. The number of pyridine rings is 3. The molecule has 3 N–H and O–H groups in total. The number of carbonyl (C=O) groups is 1. The molecule has 12 heteroatoms. The quantitative estimate of drug-likeness (QED) is 0.347. The molecule has 2 aliphatic heterocycles. The van der Waals surface area contributed by atoms with Crippen molar-refractivity contribution in [2.24, 2.45) is 10.7 Å². The van der Waals surface area contributed by atoms with Crippen LogP contribution in [0.2, 0.25) is 0 Å². The zero-order valence-corrected chi connectivity index (χ0v) is 21.3. The maximum Gasteiger partial charge on any atom is 0.274 e. The van der Waals surface area contributed by atoms with Crippen LogP contribution >= 0.6 is 11.8 Å². The van der Waals surface area contributed by atoms with E-state index in [1.54, 1.807) is 36.4 Å². The third-order valence-electron chi connectivity index (χ3n) is 6.49. The van der Waals surface area contributed by atoms with Gasteiger partial charge in [0.25, 0.3) is 11.9 Å².